The Bertz CT molecular complexity index is 1140. The fraction of sp³-hybridized carbons (Fsp3) is 0.318. The van der Waals surface area contributed by atoms with Gasteiger partial charge in [-0.1, -0.05) is 41.6 Å². The summed E-state index contributed by atoms with van der Waals surface area (Å²) >= 11 is 7.37. The zero-order valence-electron chi connectivity index (χ0n) is 17.1. The van der Waals surface area contributed by atoms with Crippen LogP contribution in [-0.2, 0) is 4.79 Å². The van der Waals surface area contributed by atoms with E-state index in [1.54, 1.807) is 22.8 Å². The van der Waals surface area contributed by atoms with Crippen molar-refractivity contribution in [2.24, 2.45) is 0 Å². The van der Waals surface area contributed by atoms with Crippen LogP contribution in [0.3, 0.4) is 0 Å². The second kappa shape index (κ2) is 8.20. The van der Waals surface area contributed by atoms with E-state index >= 15 is 0 Å². The number of aryl methyl sites for hydroxylation is 1. The number of rotatable bonds is 4. The van der Waals surface area contributed by atoms with Crippen molar-refractivity contribution in [1.29, 1.82) is 0 Å². The van der Waals surface area contributed by atoms with Crippen LogP contribution in [0.25, 0.3) is 16.6 Å². The molecule has 0 aliphatic carbocycles. The molecule has 0 saturated heterocycles. The molecule has 0 fully saturated rings. The van der Waals surface area contributed by atoms with E-state index < -0.39 is 5.25 Å². The average molecular weight is 430 g/mol. The number of hydrogen-bond donors (Lipinski definition) is 1. The lowest BCUT2D eigenvalue weighted by atomic mass is 10.1. The summed E-state index contributed by atoms with van der Waals surface area (Å²) in [5, 5.41) is 3.98. The van der Waals surface area contributed by atoms with Crippen molar-refractivity contribution in [2.75, 3.05) is 0 Å². The van der Waals surface area contributed by atoms with E-state index in [1.807, 2.05) is 58.9 Å². The number of hydrogen-bond acceptors (Lipinski definition) is 4. The predicted molar refractivity (Wildman–Crippen MR) is 120 cm³/mol. The first kappa shape index (κ1) is 21.4. The second-order valence-corrected chi connectivity index (χ2v) is 9.73. The summed E-state index contributed by atoms with van der Waals surface area (Å²) in [5.41, 5.74) is 1.67. The van der Waals surface area contributed by atoms with Gasteiger partial charge in [0.05, 0.1) is 21.8 Å². The van der Waals surface area contributed by atoms with Gasteiger partial charge in [0.1, 0.15) is 0 Å². The summed E-state index contributed by atoms with van der Waals surface area (Å²) in [6, 6.07) is 12.7. The summed E-state index contributed by atoms with van der Waals surface area (Å²) in [7, 11) is 0. The van der Waals surface area contributed by atoms with Crippen LogP contribution in [0.1, 0.15) is 33.3 Å². The molecule has 0 aliphatic heterocycles. The lowest BCUT2D eigenvalue weighted by Crippen LogP contribution is -2.44. The SMILES string of the molecule is Cc1ccccc1-n1c(SC(C)C(=O)NC(C)(C)C)nc2cc(Cl)ccc2c1=O. The molecule has 0 aliphatic rings. The topological polar surface area (TPSA) is 64.0 Å². The molecule has 7 heteroatoms. The third-order valence-electron chi connectivity index (χ3n) is 4.31. The molecule has 1 unspecified atom stereocenters. The molecule has 1 aromatic heterocycles. The lowest BCUT2D eigenvalue weighted by Gasteiger charge is -2.23. The average Bonchev–Trinajstić information content (AvgIpc) is 2.61. The summed E-state index contributed by atoms with van der Waals surface area (Å²) in [4.78, 5) is 30.7. The van der Waals surface area contributed by atoms with Crippen LogP contribution in [-0.4, -0.2) is 26.2 Å². The Labute approximate surface area is 179 Å². The number of nitrogens with one attached hydrogen (secondary N) is 1. The highest BCUT2D eigenvalue weighted by atomic mass is 35.5. The number of carbonyl (C=O) groups is 1. The first-order valence-electron chi connectivity index (χ1n) is 9.34. The number of fused-ring (bicyclic) bond motifs is 1. The van der Waals surface area contributed by atoms with Gasteiger partial charge in [-0.05, 0) is 64.4 Å². The number of para-hydroxylation sites is 1. The zero-order chi connectivity index (χ0) is 21.3. The molecule has 1 atom stereocenters. The van der Waals surface area contributed by atoms with E-state index in [9.17, 15) is 9.59 Å². The van der Waals surface area contributed by atoms with Crippen molar-refractivity contribution < 1.29 is 4.79 Å². The molecule has 1 heterocycles. The monoisotopic (exact) mass is 429 g/mol. The Hall–Kier alpha value is -2.31. The van der Waals surface area contributed by atoms with E-state index in [1.165, 1.54) is 11.8 Å². The Morgan fingerprint density at radius 2 is 1.90 bits per heavy atom. The maximum absolute atomic E-state index is 13.4. The minimum Gasteiger partial charge on any atom is -0.351 e. The minimum atomic E-state index is -0.437. The van der Waals surface area contributed by atoms with Gasteiger partial charge < -0.3 is 5.32 Å². The van der Waals surface area contributed by atoms with Crippen LogP contribution in [0.4, 0.5) is 0 Å². The van der Waals surface area contributed by atoms with Crippen molar-refractivity contribution in [3.8, 4) is 5.69 Å². The molecule has 0 spiro atoms. The van der Waals surface area contributed by atoms with Gasteiger partial charge in [-0.15, -0.1) is 0 Å². The number of amides is 1. The van der Waals surface area contributed by atoms with Crippen molar-refractivity contribution >= 4 is 40.2 Å². The van der Waals surface area contributed by atoms with Crippen molar-refractivity contribution in [3.05, 3.63) is 63.4 Å². The molecule has 1 N–H and O–H groups in total. The maximum Gasteiger partial charge on any atom is 0.266 e. The van der Waals surface area contributed by atoms with E-state index in [-0.39, 0.29) is 17.0 Å². The van der Waals surface area contributed by atoms with E-state index in [0.717, 1.165) is 11.3 Å². The molecule has 0 bridgehead atoms. The van der Waals surface area contributed by atoms with Gasteiger partial charge in [0.25, 0.3) is 5.56 Å². The van der Waals surface area contributed by atoms with Gasteiger partial charge in [0.15, 0.2) is 5.16 Å². The largest absolute Gasteiger partial charge is 0.351 e. The maximum atomic E-state index is 13.4. The Morgan fingerprint density at radius 1 is 1.21 bits per heavy atom. The predicted octanol–water partition coefficient (Wildman–Crippen LogP) is 4.74. The van der Waals surface area contributed by atoms with E-state index in [2.05, 4.69) is 5.32 Å². The first-order chi connectivity index (χ1) is 13.6. The van der Waals surface area contributed by atoms with E-state index in [4.69, 9.17) is 16.6 Å². The minimum absolute atomic E-state index is 0.112. The van der Waals surface area contributed by atoms with Gasteiger partial charge in [-0.25, -0.2) is 4.98 Å². The van der Waals surface area contributed by atoms with Crippen LogP contribution in [0.2, 0.25) is 5.02 Å². The first-order valence-corrected chi connectivity index (χ1v) is 10.6. The molecular weight excluding hydrogens is 406 g/mol. The number of thioether (sulfide) groups is 1. The molecule has 3 aromatic rings. The molecule has 0 radical (unpaired) electrons. The molecule has 152 valence electrons. The summed E-state index contributed by atoms with van der Waals surface area (Å²) < 4.78 is 1.58. The van der Waals surface area contributed by atoms with Gasteiger partial charge in [-0.2, -0.15) is 0 Å². The highest BCUT2D eigenvalue weighted by Crippen LogP contribution is 2.27. The number of carbonyl (C=O) groups excluding carboxylic acids is 1. The zero-order valence-corrected chi connectivity index (χ0v) is 18.7. The van der Waals surface area contributed by atoms with E-state index in [0.29, 0.717) is 21.1 Å². The van der Waals surface area contributed by atoms with Crippen LogP contribution in [0, 0.1) is 6.92 Å². The summed E-state index contributed by atoms with van der Waals surface area (Å²) in [6.07, 6.45) is 0. The molecule has 5 nitrogen and oxygen atoms in total. The third-order valence-corrected chi connectivity index (χ3v) is 5.59. The van der Waals surface area contributed by atoms with Crippen LogP contribution >= 0.6 is 23.4 Å². The fourth-order valence-corrected chi connectivity index (χ4v) is 4.01. The smallest absolute Gasteiger partial charge is 0.266 e. The van der Waals surface area contributed by atoms with Crippen molar-refractivity contribution in [3.63, 3.8) is 0 Å². The van der Waals surface area contributed by atoms with Crippen LogP contribution in [0.15, 0.2) is 52.4 Å². The lowest BCUT2D eigenvalue weighted by molar-refractivity contribution is -0.121. The normalized spacial score (nSPS) is 12.8. The number of nitrogens with zero attached hydrogens (tertiary/aromatic N) is 2. The summed E-state index contributed by atoms with van der Waals surface area (Å²) in [5.74, 6) is -0.112. The van der Waals surface area contributed by atoms with Gasteiger partial charge in [0, 0.05) is 10.6 Å². The third kappa shape index (κ3) is 4.82. The van der Waals surface area contributed by atoms with Crippen LogP contribution in [0.5, 0.6) is 0 Å². The number of benzene rings is 2. The molecule has 3 rings (SSSR count). The fourth-order valence-electron chi connectivity index (χ4n) is 2.93. The van der Waals surface area contributed by atoms with Crippen LogP contribution < -0.4 is 10.9 Å². The molecule has 2 aromatic carbocycles. The van der Waals surface area contributed by atoms with Crippen molar-refractivity contribution in [2.45, 2.75) is 50.6 Å². The molecule has 29 heavy (non-hydrogen) atoms. The molecular formula is C22H24ClN3O2S. The van der Waals surface area contributed by atoms with Crippen molar-refractivity contribution in [1.82, 2.24) is 14.9 Å². The summed E-state index contributed by atoms with van der Waals surface area (Å²) in [6.45, 7) is 9.55. The standard InChI is InChI=1S/C22H24ClN3O2S/c1-13-8-6-7-9-18(13)26-20(28)16-11-10-15(23)12-17(16)24-21(26)29-14(2)19(27)25-22(3,4)5/h6-12,14H,1-5H3,(H,25,27). The van der Waals surface area contributed by atoms with Gasteiger partial charge in [-0.3, -0.25) is 14.2 Å². The Balaban J connectivity index is 2.16. The highest BCUT2D eigenvalue weighted by molar-refractivity contribution is 8.00. The Kier molecular flexibility index (Phi) is 6.05. The quantitative estimate of drug-likeness (QED) is 0.480. The second-order valence-electron chi connectivity index (χ2n) is 7.98. The van der Waals surface area contributed by atoms with Gasteiger partial charge >= 0.3 is 0 Å². The molecule has 0 saturated carbocycles. The highest BCUT2D eigenvalue weighted by Gasteiger charge is 2.23. The van der Waals surface area contributed by atoms with Gasteiger partial charge in [0.2, 0.25) is 5.91 Å². The Morgan fingerprint density at radius 3 is 2.55 bits per heavy atom. The molecule has 1 amide bonds. The number of halogens is 1. The number of aromatic nitrogens is 2.